The van der Waals surface area contributed by atoms with Crippen LogP contribution in [0.25, 0.3) is 6.08 Å². The molecule has 1 aliphatic heterocycles. The molecule has 0 aliphatic carbocycles. The number of hydrogen-bond donors (Lipinski definition) is 1. The zero-order chi connectivity index (χ0) is 9.80. The second-order valence-corrected chi connectivity index (χ2v) is 3.58. The average molecular weight is 191 g/mol. The van der Waals surface area contributed by atoms with Gasteiger partial charge in [-0.15, -0.1) is 0 Å². The van der Waals surface area contributed by atoms with Crippen molar-refractivity contribution in [2.24, 2.45) is 0 Å². The van der Waals surface area contributed by atoms with Gasteiger partial charge in [0.2, 0.25) is 0 Å². The molecule has 1 N–H and O–H groups in total. The summed E-state index contributed by atoms with van der Waals surface area (Å²) in [6.07, 6.45) is 6.28. The summed E-state index contributed by atoms with van der Waals surface area (Å²) in [5, 5.41) is 3.34. The van der Waals surface area contributed by atoms with Crippen LogP contribution in [-0.2, 0) is 0 Å². The van der Waals surface area contributed by atoms with Gasteiger partial charge in [-0.3, -0.25) is 0 Å². The molecule has 0 saturated carbocycles. The fourth-order valence-electron chi connectivity index (χ4n) is 1.71. The van der Waals surface area contributed by atoms with Crippen molar-refractivity contribution < 1.29 is 4.39 Å². The first kappa shape index (κ1) is 9.41. The van der Waals surface area contributed by atoms with Crippen LogP contribution >= 0.6 is 0 Å². The first-order chi connectivity index (χ1) is 6.86. The third-order valence-electron chi connectivity index (χ3n) is 2.51. The first-order valence-corrected chi connectivity index (χ1v) is 5.02. The summed E-state index contributed by atoms with van der Waals surface area (Å²) in [4.78, 5) is 0. The molecular formula is C12H14FN. The molecule has 14 heavy (non-hydrogen) atoms. The Morgan fingerprint density at radius 1 is 1.36 bits per heavy atom. The van der Waals surface area contributed by atoms with Gasteiger partial charge in [-0.05, 0) is 25.5 Å². The molecule has 1 saturated heterocycles. The Labute approximate surface area is 83.6 Å². The first-order valence-electron chi connectivity index (χ1n) is 5.02. The van der Waals surface area contributed by atoms with Gasteiger partial charge in [-0.2, -0.15) is 0 Å². The van der Waals surface area contributed by atoms with Crippen LogP contribution in [0.4, 0.5) is 4.39 Å². The largest absolute Gasteiger partial charge is 0.311 e. The highest BCUT2D eigenvalue weighted by Crippen LogP contribution is 2.11. The van der Waals surface area contributed by atoms with Crippen molar-refractivity contribution in [3.63, 3.8) is 0 Å². The SMILES string of the molecule is Fc1ccccc1/C=C/C1CCCN1. The van der Waals surface area contributed by atoms with Gasteiger partial charge in [0, 0.05) is 11.6 Å². The predicted molar refractivity (Wildman–Crippen MR) is 56.5 cm³/mol. The van der Waals surface area contributed by atoms with Crippen molar-refractivity contribution in [2.75, 3.05) is 6.54 Å². The molecule has 74 valence electrons. The molecule has 1 aliphatic rings. The summed E-state index contributed by atoms with van der Waals surface area (Å²) in [7, 11) is 0. The van der Waals surface area contributed by atoms with Crippen LogP contribution in [0.15, 0.2) is 30.3 Å². The van der Waals surface area contributed by atoms with E-state index in [0.29, 0.717) is 11.6 Å². The third-order valence-corrected chi connectivity index (χ3v) is 2.51. The molecular weight excluding hydrogens is 177 g/mol. The minimum absolute atomic E-state index is 0.151. The van der Waals surface area contributed by atoms with Gasteiger partial charge >= 0.3 is 0 Å². The smallest absolute Gasteiger partial charge is 0.130 e. The maximum absolute atomic E-state index is 13.2. The van der Waals surface area contributed by atoms with Crippen molar-refractivity contribution in [3.8, 4) is 0 Å². The lowest BCUT2D eigenvalue weighted by molar-refractivity contribution is 0.625. The van der Waals surface area contributed by atoms with Gasteiger partial charge in [0.05, 0.1) is 0 Å². The summed E-state index contributed by atoms with van der Waals surface area (Å²) in [5.41, 5.74) is 0.668. The highest BCUT2D eigenvalue weighted by atomic mass is 19.1. The van der Waals surface area contributed by atoms with Gasteiger partial charge < -0.3 is 5.32 Å². The second-order valence-electron chi connectivity index (χ2n) is 3.58. The highest BCUT2D eigenvalue weighted by Gasteiger charge is 2.09. The monoisotopic (exact) mass is 191 g/mol. The van der Waals surface area contributed by atoms with Gasteiger partial charge in [0.15, 0.2) is 0 Å². The van der Waals surface area contributed by atoms with Crippen LogP contribution in [0.5, 0.6) is 0 Å². The normalized spacial score (nSPS) is 21.9. The molecule has 1 aromatic carbocycles. The van der Waals surface area contributed by atoms with Crippen molar-refractivity contribution in [3.05, 3.63) is 41.7 Å². The number of hydrogen-bond acceptors (Lipinski definition) is 1. The van der Waals surface area contributed by atoms with E-state index in [1.807, 2.05) is 18.2 Å². The van der Waals surface area contributed by atoms with Gasteiger partial charge in [0.1, 0.15) is 5.82 Å². The van der Waals surface area contributed by atoms with E-state index in [0.717, 1.165) is 13.0 Å². The second kappa shape index (κ2) is 4.38. The summed E-state index contributed by atoms with van der Waals surface area (Å²) in [6, 6.07) is 7.27. The van der Waals surface area contributed by atoms with E-state index in [2.05, 4.69) is 5.32 Å². The minimum Gasteiger partial charge on any atom is -0.311 e. The van der Waals surface area contributed by atoms with E-state index in [1.54, 1.807) is 12.1 Å². The Bertz CT molecular complexity index is 327. The summed E-state index contributed by atoms with van der Waals surface area (Å²) in [6.45, 7) is 1.08. The average Bonchev–Trinajstić information content (AvgIpc) is 2.69. The Kier molecular flexibility index (Phi) is 2.94. The number of rotatable bonds is 2. The Morgan fingerprint density at radius 3 is 2.93 bits per heavy atom. The Morgan fingerprint density at radius 2 is 2.21 bits per heavy atom. The van der Waals surface area contributed by atoms with Crippen molar-refractivity contribution in [1.29, 1.82) is 0 Å². The third kappa shape index (κ3) is 2.20. The van der Waals surface area contributed by atoms with E-state index in [-0.39, 0.29) is 5.82 Å². The fourth-order valence-corrected chi connectivity index (χ4v) is 1.71. The van der Waals surface area contributed by atoms with E-state index in [9.17, 15) is 4.39 Å². The Balaban J connectivity index is 2.06. The van der Waals surface area contributed by atoms with E-state index < -0.39 is 0 Å². The van der Waals surface area contributed by atoms with Crippen molar-refractivity contribution in [1.82, 2.24) is 5.32 Å². The molecule has 0 spiro atoms. The van der Waals surface area contributed by atoms with Crippen LogP contribution in [0.3, 0.4) is 0 Å². The molecule has 1 unspecified atom stereocenters. The maximum Gasteiger partial charge on any atom is 0.130 e. The summed E-state index contributed by atoms with van der Waals surface area (Å²) in [5.74, 6) is -0.151. The molecule has 1 atom stereocenters. The molecule has 0 amide bonds. The van der Waals surface area contributed by atoms with Crippen molar-refractivity contribution in [2.45, 2.75) is 18.9 Å². The summed E-state index contributed by atoms with van der Waals surface area (Å²) < 4.78 is 13.2. The number of halogens is 1. The highest BCUT2D eigenvalue weighted by molar-refractivity contribution is 5.50. The Hall–Kier alpha value is -1.15. The van der Waals surface area contributed by atoms with Crippen molar-refractivity contribution >= 4 is 6.08 Å². The summed E-state index contributed by atoms with van der Waals surface area (Å²) >= 11 is 0. The molecule has 1 heterocycles. The standard InChI is InChI=1S/C12H14FN/c13-12-6-2-1-4-10(12)7-8-11-5-3-9-14-11/h1-2,4,6-8,11,14H,3,5,9H2/b8-7+. The quantitative estimate of drug-likeness (QED) is 0.757. The molecule has 1 fully saturated rings. The van der Waals surface area contributed by atoms with Crippen LogP contribution in [0.2, 0.25) is 0 Å². The van der Waals surface area contributed by atoms with Crippen LogP contribution in [-0.4, -0.2) is 12.6 Å². The van der Waals surface area contributed by atoms with E-state index >= 15 is 0 Å². The molecule has 0 radical (unpaired) electrons. The lowest BCUT2D eigenvalue weighted by Crippen LogP contribution is -2.17. The van der Waals surface area contributed by atoms with Crippen LogP contribution in [0, 0.1) is 5.82 Å². The molecule has 1 nitrogen and oxygen atoms in total. The van der Waals surface area contributed by atoms with Crippen LogP contribution in [0.1, 0.15) is 18.4 Å². The van der Waals surface area contributed by atoms with E-state index in [4.69, 9.17) is 0 Å². The minimum atomic E-state index is -0.151. The lowest BCUT2D eigenvalue weighted by Gasteiger charge is -2.02. The lowest BCUT2D eigenvalue weighted by atomic mass is 10.1. The predicted octanol–water partition coefficient (Wildman–Crippen LogP) is 2.59. The van der Waals surface area contributed by atoms with Gasteiger partial charge in [0.25, 0.3) is 0 Å². The van der Waals surface area contributed by atoms with Gasteiger partial charge in [-0.25, -0.2) is 4.39 Å². The zero-order valence-electron chi connectivity index (χ0n) is 8.04. The molecule has 2 rings (SSSR count). The van der Waals surface area contributed by atoms with Gasteiger partial charge in [-0.1, -0.05) is 30.4 Å². The maximum atomic E-state index is 13.2. The number of nitrogens with one attached hydrogen (secondary N) is 1. The molecule has 2 heteroatoms. The molecule has 0 aromatic heterocycles. The topological polar surface area (TPSA) is 12.0 Å². The van der Waals surface area contributed by atoms with Crippen LogP contribution < -0.4 is 5.32 Å². The number of benzene rings is 1. The fraction of sp³-hybridized carbons (Fsp3) is 0.333. The van der Waals surface area contributed by atoms with E-state index in [1.165, 1.54) is 12.5 Å². The molecule has 0 bridgehead atoms. The zero-order valence-corrected chi connectivity index (χ0v) is 8.04. The molecule has 1 aromatic rings.